The molecule has 12 heavy (non-hydrogen) atoms. The van der Waals surface area contributed by atoms with Crippen molar-refractivity contribution in [3.63, 3.8) is 0 Å². The van der Waals surface area contributed by atoms with E-state index in [0.717, 1.165) is 0 Å². The lowest BCUT2D eigenvalue weighted by Gasteiger charge is -2.04. The van der Waals surface area contributed by atoms with Crippen LogP contribution >= 0.6 is 0 Å². The largest absolute Gasteiger partial charge is 0.257 e. The average molecular weight is 186 g/mol. The van der Waals surface area contributed by atoms with E-state index >= 15 is 0 Å². The van der Waals surface area contributed by atoms with Gasteiger partial charge in [0.25, 0.3) is 10.0 Å². The van der Waals surface area contributed by atoms with Gasteiger partial charge in [0, 0.05) is 0 Å². The van der Waals surface area contributed by atoms with Crippen LogP contribution in [-0.2, 0) is 10.0 Å². The fourth-order valence-electron chi connectivity index (χ4n) is 0.921. The maximum atomic E-state index is 11.2. The number of benzene rings is 1. The second kappa shape index (κ2) is 3.22. The summed E-state index contributed by atoms with van der Waals surface area (Å²) in [5.41, 5.74) is 0.676. The number of aryl methyl sites for hydroxylation is 1. The Kier molecular flexibility index (Phi) is 2.46. The van der Waals surface area contributed by atoms with Gasteiger partial charge in [-0.15, -0.1) is 0 Å². The van der Waals surface area contributed by atoms with Crippen LogP contribution < -0.4 is 10.7 Å². The minimum Gasteiger partial charge on any atom is -0.257 e. The number of hydrazine groups is 1. The van der Waals surface area contributed by atoms with Gasteiger partial charge in [0.15, 0.2) is 0 Å². The Bertz CT molecular complexity index is 373. The molecule has 0 amide bonds. The Morgan fingerprint density at radius 3 is 2.42 bits per heavy atom. The number of nitrogens with two attached hydrogens (primary N) is 1. The first-order valence-electron chi connectivity index (χ1n) is 3.36. The molecule has 0 heterocycles. The van der Waals surface area contributed by atoms with Gasteiger partial charge in [-0.05, 0) is 18.6 Å². The van der Waals surface area contributed by atoms with Crippen LogP contribution in [0.2, 0.25) is 0 Å². The van der Waals surface area contributed by atoms with Crippen LogP contribution in [-0.4, -0.2) is 8.42 Å². The highest BCUT2D eigenvalue weighted by molar-refractivity contribution is 7.89. The summed E-state index contributed by atoms with van der Waals surface area (Å²) >= 11 is 0. The van der Waals surface area contributed by atoms with E-state index < -0.39 is 10.0 Å². The van der Waals surface area contributed by atoms with Crippen molar-refractivity contribution >= 4 is 10.0 Å². The SMILES string of the molecule is Cc1ccccc1S(=O)(=O)NN. The molecular formula is C7H10N2O2S. The van der Waals surface area contributed by atoms with Crippen LogP contribution in [0.25, 0.3) is 0 Å². The predicted octanol–water partition coefficient (Wildman–Crippen LogP) is 0.147. The van der Waals surface area contributed by atoms with E-state index in [2.05, 4.69) is 0 Å². The third-order valence-electron chi connectivity index (χ3n) is 1.54. The minimum absolute atomic E-state index is 0.215. The molecular weight excluding hydrogens is 176 g/mol. The number of hydrogen-bond donors (Lipinski definition) is 2. The van der Waals surface area contributed by atoms with Gasteiger partial charge in [0.1, 0.15) is 0 Å². The van der Waals surface area contributed by atoms with Crippen LogP contribution in [0, 0.1) is 6.92 Å². The van der Waals surface area contributed by atoms with Gasteiger partial charge in [-0.3, -0.25) is 5.84 Å². The van der Waals surface area contributed by atoms with Crippen LogP contribution in [0.5, 0.6) is 0 Å². The van der Waals surface area contributed by atoms with E-state index in [1.807, 2.05) is 0 Å². The molecule has 3 N–H and O–H groups in total. The molecule has 5 heteroatoms. The Labute approximate surface area is 71.4 Å². The highest BCUT2D eigenvalue weighted by Gasteiger charge is 2.12. The van der Waals surface area contributed by atoms with Crippen molar-refractivity contribution < 1.29 is 8.42 Å². The maximum absolute atomic E-state index is 11.2. The third-order valence-corrected chi connectivity index (χ3v) is 2.89. The zero-order valence-corrected chi connectivity index (χ0v) is 7.43. The fourth-order valence-corrected chi connectivity index (χ4v) is 1.80. The third kappa shape index (κ3) is 1.63. The van der Waals surface area contributed by atoms with E-state index in [1.165, 1.54) is 6.07 Å². The molecule has 0 saturated heterocycles. The molecule has 4 nitrogen and oxygen atoms in total. The fraction of sp³-hybridized carbons (Fsp3) is 0.143. The van der Waals surface area contributed by atoms with Gasteiger partial charge in [0.05, 0.1) is 4.90 Å². The Morgan fingerprint density at radius 2 is 1.92 bits per heavy atom. The molecule has 0 aliphatic carbocycles. The van der Waals surface area contributed by atoms with Crippen LogP contribution in [0.3, 0.4) is 0 Å². The van der Waals surface area contributed by atoms with Crippen molar-refractivity contribution in [3.8, 4) is 0 Å². The molecule has 0 radical (unpaired) electrons. The van der Waals surface area contributed by atoms with Gasteiger partial charge in [-0.25, -0.2) is 8.42 Å². The second-order valence-electron chi connectivity index (χ2n) is 2.39. The summed E-state index contributed by atoms with van der Waals surface area (Å²) in [7, 11) is -3.50. The first-order chi connectivity index (χ1) is 5.58. The van der Waals surface area contributed by atoms with Crippen molar-refractivity contribution in [2.24, 2.45) is 5.84 Å². The van der Waals surface area contributed by atoms with E-state index in [4.69, 9.17) is 5.84 Å². The normalized spacial score (nSPS) is 11.5. The van der Waals surface area contributed by atoms with Gasteiger partial charge in [0.2, 0.25) is 0 Å². The highest BCUT2D eigenvalue weighted by Crippen LogP contribution is 2.12. The van der Waals surface area contributed by atoms with Gasteiger partial charge in [-0.2, -0.15) is 4.83 Å². The molecule has 0 saturated carbocycles. The summed E-state index contributed by atoms with van der Waals surface area (Å²) in [6.07, 6.45) is 0. The standard InChI is InChI=1S/C7H10N2O2S/c1-6-4-2-3-5-7(6)12(10,11)9-8/h2-5,9H,8H2,1H3. The first-order valence-corrected chi connectivity index (χ1v) is 4.84. The predicted molar refractivity (Wildman–Crippen MR) is 45.7 cm³/mol. The second-order valence-corrected chi connectivity index (χ2v) is 4.07. The van der Waals surface area contributed by atoms with Crippen molar-refractivity contribution in [1.82, 2.24) is 4.83 Å². The summed E-state index contributed by atoms with van der Waals surface area (Å²) < 4.78 is 22.4. The summed E-state index contributed by atoms with van der Waals surface area (Å²) in [5, 5.41) is 0. The highest BCUT2D eigenvalue weighted by atomic mass is 32.2. The van der Waals surface area contributed by atoms with Gasteiger partial charge in [-0.1, -0.05) is 18.2 Å². The van der Waals surface area contributed by atoms with Gasteiger partial charge < -0.3 is 0 Å². The monoisotopic (exact) mass is 186 g/mol. The summed E-state index contributed by atoms with van der Waals surface area (Å²) in [5.74, 6) is 4.87. The van der Waals surface area contributed by atoms with Crippen molar-refractivity contribution in [3.05, 3.63) is 29.8 Å². The summed E-state index contributed by atoms with van der Waals surface area (Å²) in [4.78, 5) is 1.99. The molecule has 1 aromatic rings. The lowest BCUT2D eigenvalue weighted by Crippen LogP contribution is -2.30. The zero-order valence-electron chi connectivity index (χ0n) is 6.61. The molecule has 0 aliphatic heterocycles. The number of sulfonamides is 1. The molecule has 0 fully saturated rings. The molecule has 66 valence electrons. The van der Waals surface area contributed by atoms with Crippen molar-refractivity contribution in [2.45, 2.75) is 11.8 Å². The quantitative estimate of drug-likeness (QED) is 0.510. The lowest BCUT2D eigenvalue weighted by atomic mass is 10.2. The Hall–Kier alpha value is -0.910. The molecule has 0 aromatic heterocycles. The van der Waals surface area contributed by atoms with E-state index in [1.54, 1.807) is 30.0 Å². The zero-order chi connectivity index (χ0) is 9.19. The van der Waals surface area contributed by atoms with Crippen molar-refractivity contribution in [1.29, 1.82) is 0 Å². The lowest BCUT2D eigenvalue weighted by molar-refractivity contribution is 0.583. The first kappa shape index (κ1) is 9.18. The van der Waals surface area contributed by atoms with E-state index in [9.17, 15) is 8.42 Å². The number of nitrogens with one attached hydrogen (secondary N) is 1. The number of rotatable bonds is 2. The average Bonchev–Trinajstić information content (AvgIpc) is 2.05. The summed E-state index contributed by atoms with van der Waals surface area (Å²) in [6.45, 7) is 1.71. The smallest absolute Gasteiger partial charge is 0.253 e. The van der Waals surface area contributed by atoms with E-state index in [-0.39, 0.29) is 4.90 Å². The molecule has 0 atom stereocenters. The Morgan fingerprint density at radius 1 is 1.33 bits per heavy atom. The molecule has 0 unspecified atom stereocenters. The maximum Gasteiger partial charge on any atom is 0.253 e. The van der Waals surface area contributed by atoms with Crippen LogP contribution in [0.15, 0.2) is 29.2 Å². The summed E-state index contributed by atoms with van der Waals surface area (Å²) in [6, 6.07) is 6.64. The number of hydrogen-bond acceptors (Lipinski definition) is 3. The van der Waals surface area contributed by atoms with Crippen LogP contribution in [0.1, 0.15) is 5.56 Å². The van der Waals surface area contributed by atoms with Crippen LogP contribution in [0.4, 0.5) is 0 Å². The minimum atomic E-state index is -3.50. The molecule has 1 aromatic carbocycles. The van der Waals surface area contributed by atoms with E-state index in [0.29, 0.717) is 5.56 Å². The van der Waals surface area contributed by atoms with Crippen molar-refractivity contribution in [2.75, 3.05) is 0 Å². The Balaban J connectivity index is 3.30. The van der Waals surface area contributed by atoms with Gasteiger partial charge >= 0.3 is 0 Å². The topological polar surface area (TPSA) is 72.2 Å². The molecule has 0 aliphatic rings. The molecule has 0 bridgehead atoms. The molecule has 0 spiro atoms. The molecule has 1 rings (SSSR count).